The van der Waals surface area contributed by atoms with Gasteiger partial charge in [0, 0.05) is 37.2 Å². The molecule has 1 aromatic carbocycles. The van der Waals surface area contributed by atoms with Crippen LogP contribution in [0.5, 0.6) is 0 Å². The largest absolute Gasteiger partial charge is 0.378 e. The van der Waals surface area contributed by atoms with E-state index in [1.54, 1.807) is 0 Å². The van der Waals surface area contributed by atoms with Crippen molar-refractivity contribution in [2.45, 2.75) is 33.2 Å². The third-order valence-corrected chi connectivity index (χ3v) is 4.47. The number of aryl methyl sites for hydroxylation is 1. The number of fused-ring (bicyclic) bond motifs is 1. The van der Waals surface area contributed by atoms with Crippen molar-refractivity contribution in [1.29, 1.82) is 0 Å². The maximum atomic E-state index is 12.2. The molecule has 0 bridgehead atoms. The minimum atomic E-state index is -0.0218. The minimum absolute atomic E-state index is 0.0218. The van der Waals surface area contributed by atoms with Crippen molar-refractivity contribution in [3.05, 3.63) is 53.3 Å². The van der Waals surface area contributed by atoms with Crippen molar-refractivity contribution in [2.24, 2.45) is 0 Å². The zero-order valence-electron chi connectivity index (χ0n) is 14.5. The van der Waals surface area contributed by atoms with Gasteiger partial charge in [0.2, 0.25) is 0 Å². The molecule has 2 aromatic rings. The van der Waals surface area contributed by atoms with Gasteiger partial charge >= 0.3 is 6.03 Å². The number of carbonyl (C=O) groups excluding carboxylic acids is 1. The van der Waals surface area contributed by atoms with Crippen LogP contribution >= 0.6 is 0 Å². The summed E-state index contributed by atoms with van der Waals surface area (Å²) in [5.41, 5.74) is 5.64. The molecule has 1 unspecified atom stereocenters. The molecule has 24 heavy (non-hydrogen) atoms. The molecular formula is C19H24N4O. The Hall–Kier alpha value is -2.56. The van der Waals surface area contributed by atoms with Crippen LogP contribution in [-0.2, 0) is 6.42 Å². The Morgan fingerprint density at radius 3 is 2.96 bits per heavy atom. The van der Waals surface area contributed by atoms with Crippen LogP contribution in [0.2, 0.25) is 0 Å². The maximum Gasteiger partial charge on any atom is 0.321 e. The van der Waals surface area contributed by atoms with E-state index in [1.807, 2.05) is 30.3 Å². The van der Waals surface area contributed by atoms with E-state index in [0.717, 1.165) is 24.3 Å². The Bertz CT molecular complexity index is 744. The van der Waals surface area contributed by atoms with Gasteiger partial charge in [0.05, 0.1) is 5.69 Å². The van der Waals surface area contributed by atoms with Crippen LogP contribution in [0, 0.1) is 6.92 Å². The van der Waals surface area contributed by atoms with Crippen molar-refractivity contribution in [2.75, 3.05) is 23.3 Å². The highest BCUT2D eigenvalue weighted by Crippen LogP contribution is 2.32. The lowest BCUT2D eigenvalue weighted by molar-refractivity contribution is 0.247. The van der Waals surface area contributed by atoms with E-state index in [4.69, 9.17) is 0 Å². The lowest BCUT2D eigenvalue weighted by Gasteiger charge is -2.21. The summed E-state index contributed by atoms with van der Waals surface area (Å²) < 4.78 is 0. The molecule has 126 valence electrons. The van der Waals surface area contributed by atoms with Gasteiger partial charge in [-0.3, -0.25) is 9.88 Å². The maximum absolute atomic E-state index is 12.2. The predicted octanol–water partition coefficient (Wildman–Crippen LogP) is 3.66. The van der Waals surface area contributed by atoms with Gasteiger partial charge in [-0.15, -0.1) is 0 Å². The summed E-state index contributed by atoms with van der Waals surface area (Å²) >= 11 is 0. The average molecular weight is 324 g/mol. The number of hydrogen-bond donors (Lipinski definition) is 2. The molecule has 2 N–H and O–H groups in total. The summed E-state index contributed by atoms with van der Waals surface area (Å²) in [4.78, 5) is 18.2. The Kier molecular flexibility index (Phi) is 4.69. The first-order chi connectivity index (χ1) is 11.6. The van der Waals surface area contributed by atoms with E-state index in [9.17, 15) is 4.79 Å². The SMILES string of the molecule is CCNC(=O)N1CCc2ccc(NC(C)c3ccncc3C)cc21. The number of hydrogen-bond acceptors (Lipinski definition) is 3. The van der Waals surface area contributed by atoms with Gasteiger partial charge in [-0.05, 0) is 62.1 Å². The smallest absolute Gasteiger partial charge is 0.321 e. The summed E-state index contributed by atoms with van der Waals surface area (Å²) in [6.45, 7) is 7.52. The summed E-state index contributed by atoms with van der Waals surface area (Å²) in [7, 11) is 0. The molecule has 1 aromatic heterocycles. The van der Waals surface area contributed by atoms with Crippen LogP contribution in [0.4, 0.5) is 16.2 Å². The Balaban J connectivity index is 1.80. The fourth-order valence-corrected chi connectivity index (χ4v) is 3.22. The second-order valence-corrected chi connectivity index (χ2v) is 6.18. The third-order valence-electron chi connectivity index (χ3n) is 4.47. The van der Waals surface area contributed by atoms with Crippen molar-refractivity contribution in [1.82, 2.24) is 10.3 Å². The molecule has 0 fully saturated rings. The van der Waals surface area contributed by atoms with Crippen molar-refractivity contribution >= 4 is 17.4 Å². The Morgan fingerprint density at radius 1 is 1.38 bits per heavy atom. The Labute approximate surface area is 143 Å². The van der Waals surface area contributed by atoms with Crippen LogP contribution < -0.4 is 15.5 Å². The average Bonchev–Trinajstić information content (AvgIpc) is 2.98. The molecule has 0 saturated heterocycles. The van der Waals surface area contributed by atoms with Crippen molar-refractivity contribution < 1.29 is 4.79 Å². The first-order valence-electron chi connectivity index (χ1n) is 8.45. The highest BCUT2D eigenvalue weighted by molar-refractivity contribution is 5.94. The second-order valence-electron chi connectivity index (χ2n) is 6.18. The third kappa shape index (κ3) is 3.20. The number of nitrogens with one attached hydrogen (secondary N) is 2. The molecule has 2 heterocycles. The van der Waals surface area contributed by atoms with Crippen LogP contribution in [-0.4, -0.2) is 24.1 Å². The normalized spacial score (nSPS) is 14.2. The highest BCUT2D eigenvalue weighted by atomic mass is 16.2. The molecule has 0 radical (unpaired) electrons. The molecule has 5 heteroatoms. The molecule has 1 aliphatic heterocycles. The van der Waals surface area contributed by atoms with Gasteiger partial charge in [-0.25, -0.2) is 4.79 Å². The number of carbonyl (C=O) groups is 1. The van der Waals surface area contributed by atoms with Gasteiger partial charge in [0.15, 0.2) is 0 Å². The lowest BCUT2D eigenvalue weighted by Crippen LogP contribution is -2.38. The number of benzene rings is 1. The van der Waals surface area contributed by atoms with Crippen LogP contribution in [0.3, 0.4) is 0 Å². The molecule has 1 atom stereocenters. The first kappa shape index (κ1) is 16.3. The number of rotatable bonds is 4. The summed E-state index contributed by atoms with van der Waals surface area (Å²) in [6.07, 6.45) is 4.61. The van der Waals surface area contributed by atoms with Gasteiger partial charge in [-0.1, -0.05) is 6.07 Å². The van der Waals surface area contributed by atoms with Crippen LogP contribution in [0.15, 0.2) is 36.7 Å². The van der Waals surface area contributed by atoms with E-state index in [1.165, 1.54) is 16.7 Å². The minimum Gasteiger partial charge on any atom is -0.378 e. The molecule has 0 saturated carbocycles. The zero-order chi connectivity index (χ0) is 17.1. The van der Waals surface area contributed by atoms with E-state index >= 15 is 0 Å². The summed E-state index contributed by atoms with van der Waals surface area (Å²) in [5.74, 6) is 0. The fourth-order valence-electron chi connectivity index (χ4n) is 3.22. The highest BCUT2D eigenvalue weighted by Gasteiger charge is 2.24. The first-order valence-corrected chi connectivity index (χ1v) is 8.45. The van der Waals surface area contributed by atoms with Gasteiger partial charge in [0.1, 0.15) is 0 Å². The number of nitrogens with zero attached hydrogens (tertiary/aromatic N) is 2. The van der Waals surface area contributed by atoms with Crippen LogP contribution in [0.25, 0.3) is 0 Å². The summed E-state index contributed by atoms with van der Waals surface area (Å²) in [5, 5.41) is 6.42. The number of pyridine rings is 1. The lowest BCUT2D eigenvalue weighted by atomic mass is 10.0. The van der Waals surface area contributed by atoms with E-state index in [-0.39, 0.29) is 12.1 Å². The zero-order valence-corrected chi connectivity index (χ0v) is 14.5. The van der Waals surface area contributed by atoms with Crippen molar-refractivity contribution in [3.63, 3.8) is 0 Å². The second kappa shape index (κ2) is 6.91. The number of anilines is 2. The van der Waals surface area contributed by atoms with E-state index < -0.39 is 0 Å². The van der Waals surface area contributed by atoms with E-state index in [0.29, 0.717) is 6.54 Å². The molecule has 3 rings (SSSR count). The quantitative estimate of drug-likeness (QED) is 0.902. The Morgan fingerprint density at radius 2 is 2.21 bits per heavy atom. The fraction of sp³-hybridized carbons (Fsp3) is 0.368. The number of amides is 2. The standard InChI is InChI=1S/C19H24N4O/c1-4-21-19(24)23-10-8-15-5-6-16(11-18(15)23)22-14(3)17-7-9-20-12-13(17)2/h5-7,9,11-12,14,22H,4,8,10H2,1-3H3,(H,21,24). The van der Waals surface area contributed by atoms with Crippen molar-refractivity contribution in [3.8, 4) is 0 Å². The van der Waals surface area contributed by atoms with Gasteiger partial charge in [0.25, 0.3) is 0 Å². The molecule has 0 spiro atoms. The number of urea groups is 1. The monoisotopic (exact) mass is 324 g/mol. The van der Waals surface area contributed by atoms with E-state index in [2.05, 4.69) is 47.7 Å². The molecular weight excluding hydrogens is 300 g/mol. The number of aromatic nitrogens is 1. The molecule has 5 nitrogen and oxygen atoms in total. The molecule has 2 amide bonds. The summed E-state index contributed by atoms with van der Waals surface area (Å²) in [6, 6.07) is 8.47. The molecule has 1 aliphatic rings. The van der Waals surface area contributed by atoms with Crippen LogP contribution in [0.1, 0.15) is 36.6 Å². The van der Waals surface area contributed by atoms with Gasteiger partial charge < -0.3 is 10.6 Å². The molecule has 0 aliphatic carbocycles. The predicted molar refractivity (Wildman–Crippen MR) is 97.6 cm³/mol. The van der Waals surface area contributed by atoms with Gasteiger partial charge in [-0.2, -0.15) is 0 Å². The topological polar surface area (TPSA) is 57.3 Å².